The Kier molecular flexibility index (Phi) is 5.22. The van der Waals surface area contributed by atoms with Gasteiger partial charge < -0.3 is 9.47 Å². The molecule has 0 bridgehead atoms. The standard InChI is InChI=1S/C25H19Cl2NO3/c1-15(17-5-3-2-4-6-17)28-13-19-22(30-14-28)10-8-18-24(29)23(31-25(18)19)12-16-7-9-20(26)21(27)11-16/h2-12,15H,13-14H2,1H3/b23-12-. The molecule has 156 valence electrons. The first-order valence-corrected chi connectivity index (χ1v) is 10.7. The molecule has 0 saturated heterocycles. The molecule has 0 radical (unpaired) electrons. The van der Waals surface area contributed by atoms with E-state index in [9.17, 15) is 4.79 Å². The number of halogens is 2. The van der Waals surface area contributed by atoms with E-state index >= 15 is 0 Å². The van der Waals surface area contributed by atoms with Gasteiger partial charge in [-0.1, -0.05) is 59.6 Å². The van der Waals surface area contributed by atoms with Gasteiger partial charge in [0.25, 0.3) is 0 Å². The van der Waals surface area contributed by atoms with Crippen LogP contribution in [0.4, 0.5) is 0 Å². The van der Waals surface area contributed by atoms with Crippen molar-refractivity contribution in [1.82, 2.24) is 4.90 Å². The third-order valence-corrected chi connectivity index (χ3v) is 6.46. The van der Waals surface area contributed by atoms with Crippen LogP contribution >= 0.6 is 23.2 Å². The molecule has 4 nitrogen and oxygen atoms in total. The van der Waals surface area contributed by atoms with Gasteiger partial charge in [0.2, 0.25) is 5.78 Å². The molecule has 0 fully saturated rings. The maximum absolute atomic E-state index is 13.0. The van der Waals surface area contributed by atoms with E-state index in [4.69, 9.17) is 32.7 Å². The van der Waals surface area contributed by atoms with E-state index in [1.807, 2.05) is 24.3 Å². The van der Waals surface area contributed by atoms with E-state index in [0.717, 1.165) is 16.9 Å². The number of fused-ring (bicyclic) bond motifs is 3. The van der Waals surface area contributed by atoms with Crippen LogP contribution in [-0.4, -0.2) is 17.4 Å². The van der Waals surface area contributed by atoms with Crippen LogP contribution in [0.5, 0.6) is 11.5 Å². The Bertz CT molecular complexity index is 1210. The molecule has 0 saturated carbocycles. The fraction of sp³-hybridized carbons (Fsp3) is 0.160. The van der Waals surface area contributed by atoms with E-state index in [1.165, 1.54) is 5.56 Å². The van der Waals surface area contributed by atoms with Crippen LogP contribution in [0.1, 0.15) is 40.0 Å². The third-order valence-electron chi connectivity index (χ3n) is 5.72. The number of benzene rings is 3. The zero-order chi connectivity index (χ0) is 21.5. The highest BCUT2D eigenvalue weighted by atomic mass is 35.5. The van der Waals surface area contributed by atoms with Crippen molar-refractivity contribution >= 4 is 35.1 Å². The molecule has 31 heavy (non-hydrogen) atoms. The molecule has 6 heteroatoms. The first-order valence-electron chi connectivity index (χ1n) is 9.98. The lowest BCUT2D eigenvalue weighted by Crippen LogP contribution is -2.34. The molecule has 2 heterocycles. The normalized spacial score (nSPS) is 17.6. The molecule has 2 aliphatic rings. The molecule has 0 aromatic heterocycles. The Labute approximate surface area is 190 Å². The molecular formula is C25H19Cl2NO3. The largest absolute Gasteiger partial charge is 0.478 e. The number of carbonyl (C=O) groups excluding carboxylic acids is 1. The van der Waals surface area contributed by atoms with Crippen LogP contribution in [-0.2, 0) is 6.54 Å². The van der Waals surface area contributed by atoms with Crippen LogP contribution in [0.3, 0.4) is 0 Å². The van der Waals surface area contributed by atoms with Gasteiger partial charge in [0.1, 0.15) is 18.2 Å². The van der Waals surface area contributed by atoms with Gasteiger partial charge in [-0.15, -0.1) is 0 Å². The maximum atomic E-state index is 13.0. The highest BCUT2D eigenvalue weighted by Gasteiger charge is 2.34. The van der Waals surface area contributed by atoms with Crippen LogP contribution in [0.2, 0.25) is 10.0 Å². The topological polar surface area (TPSA) is 38.8 Å². The number of ether oxygens (including phenoxy) is 2. The summed E-state index contributed by atoms with van der Waals surface area (Å²) < 4.78 is 12.1. The predicted molar refractivity (Wildman–Crippen MR) is 122 cm³/mol. The van der Waals surface area contributed by atoms with Gasteiger partial charge in [-0.2, -0.15) is 0 Å². The van der Waals surface area contributed by atoms with Gasteiger partial charge in [0.15, 0.2) is 5.76 Å². The fourth-order valence-corrected chi connectivity index (χ4v) is 4.23. The summed E-state index contributed by atoms with van der Waals surface area (Å²) in [4.78, 5) is 15.2. The Balaban J connectivity index is 1.45. The Morgan fingerprint density at radius 1 is 1.03 bits per heavy atom. The SMILES string of the molecule is CC(c1ccccc1)N1COc2ccc3c(c2C1)O/C(=C\c1ccc(Cl)c(Cl)c1)C3=O. The Morgan fingerprint density at radius 3 is 2.61 bits per heavy atom. The molecule has 5 rings (SSSR count). The molecule has 1 atom stereocenters. The number of hydrogen-bond acceptors (Lipinski definition) is 4. The lowest BCUT2D eigenvalue weighted by atomic mass is 10.0. The van der Waals surface area contributed by atoms with Crippen LogP contribution < -0.4 is 9.47 Å². The zero-order valence-electron chi connectivity index (χ0n) is 16.8. The van der Waals surface area contributed by atoms with Crippen molar-refractivity contribution in [3.63, 3.8) is 0 Å². The van der Waals surface area contributed by atoms with Crippen LogP contribution in [0, 0.1) is 0 Å². The van der Waals surface area contributed by atoms with Gasteiger partial charge in [0.05, 0.1) is 21.2 Å². The summed E-state index contributed by atoms with van der Waals surface area (Å²) in [5.41, 5.74) is 3.38. The number of Topliss-reactive ketones (excluding diaryl/α,β-unsaturated/α-hetero) is 1. The van der Waals surface area contributed by atoms with Crippen molar-refractivity contribution in [2.45, 2.75) is 19.5 Å². The molecule has 3 aromatic carbocycles. The number of rotatable bonds is 3. The molecule has 3 aromatic rings. The summed E-state index contributed by atoms with van der Waals surface area (Å²) in [6, 6.07) is 19.3. The number of nitrogens with zero attached hydrogens (tertiary/aromatic N) is 1. The van der Waals surface area contributed by atoms with Crippen LogP contribution in [0.15, 0.2) is 66.4 Å². The van der Waals surface area contributed by atoms with E-state index < -0.39 is 0 Å². The number of ketones is 1. The quantitative estimate of drug-likeness (QED) is 0.424. The average Bonchev–Trinajstić information content (AvgIpc) is 3.11. The maximum Gasteiger partial charge on any atom is 0.231 e. The molecule has 1 unspecified atom stereocenters. The summed E-state index contributed by atoms with van der Waals surface area (Å²) in [5, 5.41) is 0.889. The second-order valence-electron chi connectivity index (χ2n) is 7.64. The predicted octanol–water partition coefficient (Wildman–Crippen LogP) is 6.52. The van der Waals surface area contributed by atoms with E-state index in [2.05, 4.69) is 24.0 Å². The third kappa shape index (κ3) is 3.72. The summed E-state index contributed by atoms with van der Waals surface area (Å²) in [6.07, 6.45) is 1.69. The average molecular weight is 452 g/mol. The van der Waals surface area contributed by atoms with E-state index in [0.29, 0.717) is 34.6 Å². The van der Waals surface area contributed by atoms with Gasteiger partial charge in [-0.05, 0) is 48.4 Å². The monoisotopic (exact) mass is 451 g/mol. The molecular weight excluding hydrogens is 433 g/mol. The van der Waals surface area contributed by atoms with Crippen LogP contribution in [0.25, 0.3) is 6.08 Å². The van der Waals surface area contributed by atoms with Crippen molar-refractivity contribution in [3.05, 3.63) is 98.7 Å². The fourth-order valence-electron chi connectivity index (χ4n) is 3.92. The van der Waals surface area contributed by atoms with Gasteiger partial charge in [-0.25, -0.2) is 0 Å². The van der Waals surface area contributed by atoms with Gasteiger partial charge in [0, 0.05) is 12.6 Å². The lowest BCUT2D eigenvalue weighted by Gasteiger charge is -2.34. The molecule has 0 spiro atoms. The summed E-state index contributed by atoms with van der Waals surface area (Å²) >= 11 is 12.1. The second-order valence-corrected chi connectivity index (χ2v) is 8.45. The number of allylic oxidation sites excluding steroid dienone is 1. The van der Waals surface area contributed by atoms with E-state index in [1.54, 1.807) is 30.3 Å². The first kappa shape index (κ1) is 20.1. The number of carbonyl (C=O) groups is 1. The minimum Gasteiger partial charge on any atom is -0.478 e. The summed E-state index contributed by atoms with van der Waals surface area (Å²) in [7, 11) is 0. The molecule has 0 amide bonds. The summed E-state index contributed by atoms with van der Waals surface area (Å²) in [5.74, 6) is 1.42. The number of hydrogen-bond donors (Lipinski definition) is 0. The van der Waals surface area contributed by atoms with Crippen molar-refractivity contribution in [2.24, 2.45) is 0 Å². The highest BCUT2D eigenvalue weighted by Crippen LogP contribution is 2.43. The van der Waals surface area contributed by atoms with Gasteiger partial charge in [-0.3, -0.25) is 9.69 Å². The highest BCUT2D eigenvalue weighted by molar-refractivity contribution is 6.42. The lowest BCUT2D eigenvalue weighted by molar-refractivity contribution is 0.0606. The van der Waals surface area contributed by atoms with Crippen molar-refractivity contribution in [1.29, 1.82) is 0 Å². The van der Waals surface area contributed by atoms with E-state index in [-0.39, 0.29) is 17.6 Å². The minimum absolute atomic E-state index is 0.155. The van der Waals surface area contributed by atoms with Gasteiger partial charge >= 0.3 is 0 Å². The summed E-state index contributed by atoms with van der Waals surface area (Å²) in [6.45, 7) is 3.25. The molecule has 2 aliphatic heterocycles. The first-order chi connectivity index (χ1) is 15.0. The molecule has 0 N–H and O–H groups in total. The Morgan fingerprint density at radius 2 is 1.84 bits per heavy atom. The van der Waals surface area contributed by atoms with Crippen molar-refractivity contribution in [3.8, 4) is 11.5 Å². The minimum atomic E-state index is -0.155. The smallest absolute Gasteiger partial charge is 0.231 e. The molecule has 0 aliphatic carbocycles. The van der Waals surface area contributed by atoms with Crippen molar-refractivity contribution in [2.75, 3.05) is 6.73 Å². The second kappa shape index (κ2) is 8.04. The van der Waals surface area contributed by atoms with Crippen molar-refractivity contribution < 1.29 is 14.3 Å². The zero-order valence-corrected chi connectivity index (χ0v) is 18.3. The Hall–Kier alpha value is -2.79.